The monoisotopic (exact) mass is 380 g/mol. The highest BCUT2D eigenvalue weighted by molar-refractivity contribution is 9.11. The fraction of sp³-hybridized carbons (Fsp3) is 0.692. The number of hydrogen-bond donors (Lipinski definition) is 1. The number of thiophene rings is 1. The van der Waals surface area contributed by atoms with Crippen LogP contribution in [0.3, 0.4) is 0 Å². The fourth-order valence-electron chi connectivity index (χ4n) is 2.78. The fourth-order valence-corrected chi connectivity index (χ4v) is 7.10. The van der Waals surface area contributed by atoms with Gasteiger partial charge in [-0.3, -0.25) is 0 Å². The molecule has 1 fully saturated rings. The first-order valence-electron chi connectivity index (χ1n) is 6.77. The van der Waals surface area contributed by atoms with Gasteiger partial charge in [0.15, 0.2) is 0 Å². The predicted octanol–water partition coefficient (Wildman–Crippen LogP) is 2.90. The molecule has 2 atom stereocenters. The van der Waals surface area contributed by atoms with Crippen LogP contribution in [0.2, 0.25) is 0 Å². The van der Waals surface area contributed by atoms with E-state index in [2.05, 4.69) is 35.1 Å². The van der Waals surface area contributed by atoms with E-state index in [1.807, 2.05) is 7.05 Å². The molecule has 1 aromatic rings. The van der Waals surface area contributed by atoms with Gasteiger partial charge < -0.3 is 5.32 Å². The Bertz CT molecular complexity index is 561. The molecule has 1 N–H and O–H groups in total. The van der Waals surface area contributed by atoms with Crippen LogP contribution in [-0.4, -0.2) is 32.9 Å². The van der Waals surface area contributed by atoms with Gasteiger partial charge in [0.05, 0.1) is 3.79 Å². The lowest BCUT2D eigenvalue weighted by atomic mass is 9.94. The molecule has 2 heterocycles. The maximum Gasteiger partial charge on any atom is 0.245 e. The maximum absolute atomic E-state index is 12.8. The van der Waals surface area contributed by atoms with Crippen molar-refractivity contribution in [2.45, 2.75) is 31.7 Å². The van der Waals surface area contributed by atoms with E-state index in [1.165, 1.54) is 11.3 Å². The molecule has 0 radical (unpaired) electrons. The minimum atomic E-state index is -3.39. The molecule has 0 aromatic carbocycles. The average molecular weight is 381 g/mol. The summed E-state index contributed by atoms with van der Waals surface area (Å²) in [4.78, 5) is 1.44. The van der Waals surface area contributed by atoms with Crippen molar-refractivity contribution in [3.05, 3.63) is 14.7 Å². The Balaban J connectivity index is 2.30. The van der Waals surface area contributed by atoms with Crippen LogP contribution >= 0.6 is 27.3 Å². The third kappa shape index (κ3) is 3.44. The van der Waals surface area contributed by atoms with Crippen LogP contribution in [0.5, 0.6) is 0 Å². The quantitative estimate of drug-likeness (QED) is 0.873. The standard InChI is InChI=1S/C13H21BrN2O2S2/c1-9-4-10(2)8-16(7-9)20(17,18)12-5-11(6-15-3)19-13(12)14/h5,9-10,15H,4,6-8H2,1-3H3. The van der Waals surface area contributed by atoms with Crippen molar-refractivity contribution in [1.29, 1.82) is 0 Å². The Hall–Kier alpha value is 0.0500. The summed E-state index contributed by atoms with van der Waals surface area (Å²) in [7, 11) is -1.53. The molecular formula is C13H21BrN2O2S2. The second-order valence-corrected chi connectivity index (χ2v) is 10.0. The summed E-state index contributed by atoms with van der Waals surface area (Å²) in [5.41, 5.74) is 0. The second kappa shape index (κ2) is 6.44. The lowest BCUT2D eigenvalue weighted by Gasteiger charge is -2.33. The van der Waals surface area contributed by atoms with Crippen molar-refractivity contribution < 1.29 is 8.42 Å². The minimum Gasteiger partial charge on any atom is -0.315 e. The molecule has 20 heavy (non-hydrogen) atoms. The number of hydrogen-bond acceptors (Lipinski definition) is 4. The summed E-state index contributed by atoms with van der Waals surface area (Å²) >= 11 is 4.88. The largest absolute Gasteiger partial charge is 0.315 e. The first kappa shape index (κ1) is 16.4. The van der Waals surface area contributed by atoms with Crippen LogP contribution in [0.1, 0.15) is 25.1 Å². The van der Waals surface area contributed by atoms with Crippen molar-refractivity contribution in [3.8, 4) is 0 Å². The number of rotatable bonds is 4. The average Bonchev–Trinajstić information content (AvgIpc) is 2.70. The summed E-state index contributed by atoms with van der Waals surface area (Å²) in [6.07, 6.45) is 1.10. The lowest BCUT2D eigenvalue weighted by Crippen LogP contribution is -2.42. The summed E-state index contributed by atoms with van der Waals surface area (Å²) in [6.45, 7) is 6.17. The van der Waals surface area contributed by atoms with Gasteiger partial charge in [-0.15, -0.1) is 11.3 Å². The van der Waals surface area contributed by atoms with Crippen molar-refractivity contribution in [2.24, 2.45) is 11.8 Å². The summed E-state index contributed by atoms with van der Waals surface area (Å²) < 4.78 is 27.9. The first-order valence-corrected chi connectivity index (χ1v) is 9.82. The van der Waals surface area contributed by atoms with Gasteiger partial charge in [0.2, 0.25) is 10.0 Å². The molecule has 0 amide bonds. The molecule has 0 saturated carbocycles. The molecule has 7 heteroatoms. The number of nitrogens with zero attached hydrogens (tertiary/aromatic N) is 1. The maximum atomic E-state index is 12.8. The van der Waals surface area contributed by atoms with Crippen LogP contribution < -0.4 is 5.32 Å². The zero-order valence-electron chi connectivity index (χ0n) is 12.0. The molecule has 2 rings (SSSR count). The van der Waals surface area contributed by atoms with E-state index in [-0.39, 0.29) is 0 Å². The third-order valence-electron chi connectivity index (χ3n) is 3.51. The molecule has 0 bridgehead atoms. The molecule has 4 nitrogen and oxygen atoms in total. The highest BCUT2D eigenvalue weighted by Gasteiger charge is 2.33. The molecule has 1 aliphatic rings. The van der Waals surface area contributed by atoms with E-state index in [4.69, 9.17) is 0 Å². The molecular weight excluding hydrogens is 360 g/mol. The second-order valence-electron chi connectivity index (χ2n) is 5.65. The SMILES string of the molecule is CNCc1cc(S(=O)(=O)N2CC(C)CC(C)C2)c(Br)s1. The van der Waals surface area contributed by atoms with Gasteiger partial charge in [0, 0.05) is 24.5 Å². The van der Waals surface area contributed by atoms with Crippen LogP contribution in [0.4, 0.5) is 0 Å². The van der Waals surface area contributed by atoms with Gasteiger partial charge >= 0.3 is 0 Å². The smallest absolute Gasteiger partial charge is 0.245 e. The Labute approximate surface area is 133 Å². The summed E-state index contributed by atoms with van der Waals surface area (Å²) in [5.74, 6) is 0.838. The van der Waals surface area contributed by atoms with Crippen LogP contribution in [-0.2, 0) is 16.6 Å². The van der Waals surface area contributed by atoms with E-state index in [0.717, 1.165) is 11.3 Å². The Morgan fingerprint density at radius 1 is 1.40 bits per heavy atom. The predicted molar refractivity (Wildman–Crippen MR) is 86.5 cm³/mol. The van der Waals surface area contributed by atoms with Gasteiger partial charge in [0.25, 0.3) is 0 Å². The van der Waals surface area contributed by atoms with Gasteiger partial charge in [-0.2, -0.15) is 4.31 Å². The van der Waals surface area contributed by atoms with Crippen LogP contribution in [0.25, 0.3) is 0 Å². The molecule has 0 spiro atoms. The normalized spacial score (nSPS) is 25.0. The molecule has 2 unspecified atom stereocenters. The van der Waals surface area contributed by atoms with Crippen LogP contribution in [0, 0.1) is 11.8 Å². The van der Waals surface area contributed by atoms with Gasteiger partial charge in [-0.25, -0.2) is 8.42 Å². The zero-order chi connectivity index (χ0) is 14.9. The lowest BCUT2D eigenvalue weighted by molar-refractivity contribution is 0.222. The van der Waals surface area contributed by atoms with Gasteiger partial charge in [-0.1, -0.05) is 13.8 Å². The number of piperidine rings is 1. The minimum absolute atomic E-state index is 0.411. The van der Waals surface area contributed by atoms with Crippen LogP contribution in [0.15, 0.2) is 14.7 Å². The Morgan fingerprint density at radius 2 is 2.00 bits per heavy atom. The zero-order valence-corrected chi connectivity index (χ0v) is 15.2. The van der Waals surface area contributed by atoms with Gasteiger partial charge in [0.1, 0.15) is 4.90 Å². The molecule has 0 aliphatic carbocycles. The van der Waals surface area contributed by atoms with Crippen molar-refractivity contribution in [3.63, 3.8) is 0 Å². The van der Waals surface area contributed by atoms with E-state index in [0.29, 0.717) is 40.2 Å². The van der Waals surface area contributed by atoms with Crippen molar-refractivity contribution in [2.75, 3.05) is 20.1 Å². The summed E-state index contributed by atoms with van der Waals surface area (Å²) in [6, 6.07) is 1.78. The first-order chi connectivity index (χ1) is 9.34. The van der Waals surface area contributed by atoms with E-state index < -0.39 is 10.0 Å². The highest BCUT2D eigenvalue weighted by atomic mass is 79.9. The highest BCUT2D eigenvalue weighted by Crippen LogP contribution is 2.35. The van der Waals surface area contributed by atoms with Crippen molar-refractivity contribution >= 4 is 37.3 Å². The number of nitrogens with one attached hydrogen (secondary N) is 1. The molecule has 1 saturated heterocycles. The molecule has 1 aliphatic heterocycles. The topological polar surface area (TPSA) is 49.4 Å². The van der Waals surface area contributed by atoms with Gasteiger partial charge in [-0.05, 0) is 47.3 Å². The van der Waals surface area contributed by atoms with E-state index in [1.54, 1.807) is 10.4 Å². The van der Waals surface area contributed by atoms with E-state index in [9.17, 15) is 8.42 Å². The number of halogens is 1. The Morgan fingerprint density at radius 3 is 2.55 bits per heavy atom. The summed E-state index contributed by atoms with van der Waals surface area (Å²) in [5, 5.41) is 3.05. The molecule has 1 aromatic heterocycles. The third-order valence-corrected chi connectivity index (χ3v) is 7.59. The van der Waals surface area contributed by atoms with Crippen molar-refractivity contribution in [1.82, 2.24) is 9.62 Å². The molecule has 114 valence electrons. The van der Waals surface area contributed by atoms with E-state index >= 15 is 0 Å². The Kier molecular flexibility index (Phi) is 5.29. The number of sulfonamides is 1.